The molecule has 1 aliphatic rings. The summed E-state index contributed by atoms with van der Waals surface area (Å²) >= 11 is 0. The lowest BCUT2D eigenvalue weighted by molar-refractivity contribution is -0.250. The van der Waals surface area contributed by atoms with E-state index in [4.69, 9.17) is 4.74 Å². The van der Waals surface area contributed by atoms with Crippen LogP contribution in [0.5, 0.6) is 0 Å². The van der Waals surface area contributed by atoms with Gasteiger partial charge in [-0.05, 0) is 13.0 Å². The second kappa shape index (κ2) is 7.48. The summed E-state index contributed by atoms with van der Waals surface area (Å²) in [6.45, 7) is 5.10. The van der Waals surface area contributed by atoms with Crippen LogP contribution >= 0.6 is 0 Å². The average Bonchev–Trinajstić information content (AvgIpc) is 3.05. The fraction of sp³-hybridized carbons (Fsp3) is 0.438. The Morgan fingerprint density at radius 2 is 2.04 bits per heavy atom. The number of nitrogens with one attached hydrogen (secondary N) is 1. The molecular weight excluding hydrogens is 342 g/mol. The molecule has 26 heavy (non-hydrogen) atoms. The Morgan fingerprint density at radius 1 is 1.27 bits per heavy atom. The van der Waals surface area contributed by atoms with Gasteiger partial charge < -0.3 is 30.5 Å². The van der Waals surface area contributed by atoms with E-state index in [1.54, 1.807) is 12.3 Å². The number of hydrogen-bond donors (Lipinski definition) is 5. The van der Waals surface area contributed by atoms with Crippen LogP contribution in [-0.4, -0.2) is 71.0 Å². The van der Waals surface area contributed by atoms with Gasteiger partial charge in [0.15, 0.2) is 23.2 Å². The van der Waals surface area contributed by atoms with Gasteiger partial charge in [0, 0.05) is 6.20 Å². The van der Waals surface area contributed by atoms with Gasteiger partial charge in [-0.1, -0.05) is 12.2 Å². The van der Waals surface area contributed by atoms with Crippen molar-refractivity contribution >= 4 is 17.0 Å². The van der Waals surface area contributed by atoms with Crippen molar-refractivity contribution < 1.29 is 25.2 Å². The molecule has 0 saturated carbocycles. The Bertz CT molecular complexity index is 820. The van der Waals surface area contributed by atoms with E-state index < -0.39 is 37.3 Å². The molecule has 3 heterocycles. The van der Waals surface area contributed by atoms with E-state index in [9.17, 15) is 20.4 Å². The monoisotopic (exact) mass is 363 g/mol. The summed E-state index contributed by atoms with van der Waals surface area (Å²) in [5, 5.41) is 42.5. The third-order valence-electron chi connectivity index (χ3n) is 4.09. The van der Waals surface area contributed by atoms with Crippen LogP contribution in [0.3, 0.4) is 0 Å². The number of allylic oxidation sites excluding steroid dienone is 2. The van der Waals surface area contributed by atoms with Crippen LogP contribution in [-0.2, 0) is 4.74 Å². The molecule has 0 bridgehead atoms. The Morgan fingerprint density at radius 3 is 2.73 bits per heavy atom. The molecule has 3 rings (SSSR count). The maximum Gasteiger partial charge on any atom is 0.167 e. The highest BCUT2D eigenvalue weighted by Crippen LogP contribution is 2.31. The van der Waals surface area contributed by atoms with Gasteiger partial charge in [-0.25, -0.2) is 15.0 Å². The van der Waals surface area contributed by atoms with Crippen molar-refractivity contribution in [2.45, 2.75) is 37.6 Å². The second-order valence-electron chi connectivity index (χ2n) is 6.09. The highest BCUT2D eigenvalue weighted by Gasteiger charge is 2.44. The van der Waals surface area contributed by atoms with Crippen LogP contribution in [0.4, 0.5) is 5.82 Å². The van der Waals surface area contributed by atoms with Crippen molar-refractivity contribution in [3.8, 4) is 0 Å². The minimum absolute atomic E-state index is 0.357. The van der Waals surface area contributed by atoms with Crippen LogP contribution < -0.4 is 5.32 Å². The molecule has 5 atom stereocenters. The number of fused-ring (bicyclic) bond motifs is 1. The molecular formula is C16H21N5O5. The molecule has 0 spiro atoms. The van der Waals surface area contributed by atoms with Gasteiger partial charge in [0.1, 0.15) is 30.7 Å². The molecule has 5 N–H and O–H groups in total. The number of hydrogen-bond acceptors (Lipinski definition) is 9. The van der Waals surface area contributed by atoms with Gasteiger partial charge in [-0.2, -0.15) is 0 Å². The molecule has 0 aromatic carbocycles. The van der Waals surface area contributed by atoms with E-state index >= 15 is 0 Å². The van der Waals surface area contributed by atoms with Crippen molar-refractivity contribution in [2.24, 2.45) is 0 Å². The lowest BCUT2D eigenvalue weighted by Gasteiger charge is -2.40. The quantitative estimate of drug-likeness (QED) is 0.435. The number of anilines is 1. The van der Waals surface area contributed by atoms with Crippen molar-refractivity contribution in [3.05, 3.63) is 37.1 Å². The van der Waals surface area contributed by atoms with Crippen LogP contribution in [0.1, 0.15) is 13.2 Å². The van der Waals surface area contributed by atoms with Gasteiger partial charge in [0.2, 0.25) is 0 Å². The average molecular weight is 363 g/mol. The third-order valence-corrected chi connectivity index (χ3v) is 4.09. The number of aliphatic hydroxyl groups is 4. The number of aromatic nitrogens is 4. The van der Waals surface area contributed by atoms with Gasteiger partial charge in [0.05, 0.1) is 12.9 Å². The summed E-state index contributed by atoms with van der Waals surface area (Å²) in [5.41, 5.74) is 1.64. The molecule has 1 aliphatic heterocycles. The number of nitrogens with zero attached hydrogens (tertiary/aromatic N) is 4. The molecule has 10 nitrogen and oxygen atoms in total. The molecule has 1 fully saturated rings. The number of imidazole rings is 1. The SMILES string of the molecule is C=C(C)C=CNc1ncnc2c1ncn2[C@@H]1O[C@H](CO)[C@@H](O)[C@H](O)[C@H]1O. The lowest BCUT2D eigenvalue weighted by atomic mass is 9.98. The molecule has 0 aliphatic carbocycles. The Balaban J connectivity index is 1.95. The molecule has 10 heteroatoms. The zero-order valence-electron chi connectivity index (χ0n) is 14.1. The highest BCUT2D eigenvalue weighted by atomic mass is 16.6. The van der Waals surface area contributed by atoms with Crippen molar-refractivity contribution in [3.63, 3.8) is 0 Å². The predicted octanol–water partition coefficient (Wildman–Crippen LogP) is -0.700. The predicted molar refractivity (Wildman–Crippen MR) is 91.9 cm³/mol. The molecule has 2 aromatic rings. The highest BCUT2D eigenvalue weighted by molar-refractivity contribution is 5.83. The van der Waals surface area contributed by atoms with Gasteiger partial charge in [-0.3, -0.25) is 4.57 Å². The van der Waals surface area contributed by atoms with Crippen LogP contribution in [0, 0.1) is 0 Å². The zero-order chi connectivity index (χ0) is 18.8. The zero-order valence-corrected chi connectivity index (χ0v) is 14.1. The topological polar surface area (TPSA) is 146 Å². The standard InChI is InChI=1S/C16H21N5O5/c1-8(2)3-4-17-14-10-15(19-6-18-14)21(7-20-10)16-13(25)12(24)11(23)9(5-22)26-16/h3-4,6-7,9,11-13,16,22-25H,1,5H2,2H3,(H,17,18,19)/t9-,11-,12+,13-,16-/m1/s1. The van der Waals surface area contributed by atoms with Gasteiger partial charge in [0.25, 0.3) is 0 Å². The molecule has 0 amide bonds. The van der Waals surface area contributed by atoms with E-state index in [0.717, 1.165) is 5.57 Å². The van der Waals surface area contributed by atoms with E-state index in [-0.39, 0.29) is 0 Å². The summed E-state index contributed by atoms with van der Waals surface area (Å²) in [5.74, 6) is 0.441. The third kappa shape index (κ3) is 3.32. The van der Waals surface area contributed by atoms with Crippen LogP contribution in [0.25, 0.3) is 11.2 Å². The summed E-state index contributed by atoms with van der Waals surface area (Å²) < 4.78 is 6.97. The number of ether oxygens (including phenoxy) is 1. The van der Waals surface area contributed by atoms with E-state index in [0.29, 0.717) is 17.0 Å². The van der Waals surface area contributed by atoms with E-state index in [1.165, 1.54) is 17.2 Å². The number of rotatable bonds is 5. The first-order valence-corrected chi connectivity index (χ1v) is 8.00. The normalized spacial score (nSPS) is 29.3. The van der Waals surface area contributed by atoms with Crippen LogP contribution in [0.15, 0.2) is 37.1 Å². The summed E-state index contributed by atoms with van der Waals surface area (Å²) in [7, 11) is 0. The van der Waals surface area contributed by atoms with Gasteiger partial charge >= 0.3 is 0 Å². The summed E-state index contributed by atoms with van der Waals surface area (Å²) in [6.07, 6.45) is -0.305. The number of aliphatic hydroxyl groups excluding tert-OH is 4. The van der Waals surface area contributed by atoms with E-state index in [1.807, 2.05) is 6.92 Å². The first-order chi connectivity index (χ1) is 12.4. The molecule has 140 valence electrons. The van der Waals surface area contributed by atoms with E-state index in [2.05, 4.69) is 26.8 Å². The first-order valence-electron chi connectivity index (χ1n) is 8.00. The van der Waals surface area contributed by atoms with Crippen molar-refractivity contribution in [1.82, 2.24) is 19.5 Å². The fourth-order valence-electron chi connectivity index (χ4n) is 2.72. The second-order valence-corrected chi connectivity index (χ2v) is 6.09. The van der Waals surface area contributed by atoms with Crippen molar-refractivity contribution in [1.29, 1.82) is 0 Å². The molecule has 1 saturated heterocycles. The minimum Gasteiger partial charge on any atom is -0.394 e. The first kappa shape index (κ1) is 18.4. The maximum absolute atomic E-state index is 10.3. The smallest absolute Gasteiger partial charge is 0.167 e. The maximum atomic E-state index is 10.3. The van der Waals surface area contributed by atoms with Crippen LogP contribution in [0.2, 0.25) is 0 Å². The molecule has 0 radical (unpaired) electrons. The molecule has 0 unspecified atom stereocenters. The summed E-state index contributed by atoms with van der Waals surface area (Å²) in [4.78, 5) is 12.5. The largest absolute Gasteiger partial charge is 0.394 e. The lowest BCUT2D eigenvalue weighted by Crippen LogP contribution is -2.56. The minimum atomic E-state index is -1.48. The summed E-state index contributed by atoms with van der Waals surface area (Å²) in [6, 6.07) is 0. The fourth-order valence-corrected chi connectivity index (χ4v) is 2.72. The molecule has 2 aromatic heterocycles. The van der Waals surface area contributed by atoms with Gasteiger partial charge in [-0.15, -0.1) is 0 Å². The van der Waals surface area contributed by atoms with Crippen molar-refractivity contribution in [2.75, 3.05) is 11.9 Å². The Labute approximate surface area is 149 Å². The Kier molecular flexibility index (Phi) is 5.30. The Hall–Kier alpha value is -2.37.